The Morgan fingerprint density at radius 2 is 2.27 bits per heavy atom. The van der Waals surface area contributed by atoms with Gasteiger partial charge in [0.2, 0.25) is 0 Å². The molecule has 5 heteroatoms. The van der Waals surface area contributed by atoms with Crippen molar-refractivity contribution in [1.29, 1.82) is 0 Å². The van der Waals surface area contributed by atoms with Crippen molar-refractivity contribution in [3.8, 4) is 0 Å². The summed E-state index contributed by atoms with van der Waals surface area (Å²) in [6.45, 7) is 8.28. The van der Waals surface area contributed by atoms with E-state index in [0.717, 1.165) is 18.8 Å². The molecule has 0 bridgehead atoms. The molecule has 3 N–H and O–H groups in total. The van der Waals surface area contributed by atoms with Gasteiger partial charge in [-0.1, -0.05) is 20.8 Å². The molecular weight excluding hydrogens is 210 g/mol. The van der Waals surface area contributed by atoms with Gasteiger partial charge in [-0.15, -0.1) is 0 Å². The molecule has 88 valence electrons. The molecule has 1 amide bonds. The highest BCUT2D eigenvalue weighted by Crippen LogP contribution is 2.22. The first-order valence-corrected chi connectivity index (χ1v) is 6.47. The number of amides is 1. The summed E-state index contributed by atoms with van der Waals surface area (Å²) in [5.41, 5.74) is 2.27. The van der Waals surface area contributed by atoms with E-state index in [4.69, 9.17) is 5.84 Å². The number of carbonyl (C=O) groups is 1. The van der Waals surface area contributed by atoms with E-state index in [9.17, 15) is 4.79 Å². The molecule has 2 atom stereocenters. The van der Waals surface area contributed by atoms with Crippen LogP contribution >= 0.6 is 11.8 Å². The maximum Gasteiger partial charge on any atom is 0.251 e. The molecule has 0 aliphatic carbocycles. The molecule has 1 aliphatic rings. The molecule has 1 saturated heterocycles. The van der Waals surface area contributed by atoms with Crippen LogP contribution in [0.4, 0.5) is 0 Å². The topological polar surface area (TPSA) is 58.4 Å². The molecule has 0 aromatic carbocycles. The van der Waals surface area contributed by atoms with Crippen molar-refractivity contribution in [3.05, 3.63) is 0 Å². The van der Waals surface area contributed by atoms with Crippen molar-refractivity contribution in [2.24, 2.45) is 11.8 Å². The van der Waals surface area contributed by atoms with E-state index in [-0.39, 0.29) is 11.9 Å². The molecule has 1 rings (SSSR count). The predicted octanol–water partition coefficient (Wildman–Crippen LogP) is 0.438. The fraction of sp³-hybridized carbons (Fsp3) is 0.900. The van der Waals surface area contributed by atoms with E-state index < -0.39 is 0 Å². The monoisotopic (exact) mass is 231 g/mol. The van der Waals surface area contributed by atoms with Crippen LogP contribution in [0.2, 0.25) is 0 Å². The summed E-state index contributed by atoms with van der Waals surface area (Å²) >= 11 is 1.97. The second kappa shape index (κ2) is 5.72. The Labute approximate surface area is 95.9 Å². The van der Waals surface area contributed by atoms with Gasteiger partial charge in [0, 0.05) is 24.1 Å². The highest BCUT2D eigenvalue weighted by atomic mass is 32.2. The molecule has 4 nitrogen and oxygen atoms in total. The minimum absolute atomic E-state index is 0.0656. The second-order valence-corrected chi connectivity index (χ2v) is 5.92. The Morgan fingerprint density at radius 1 is 1.60 bits per heavy atom. The van der Waals surface area contributed by atoms with Crippen LogP contribution in [-0.2, 0) is 4.79 Å². The third-order valence-electron chi connectivity index (χ3n) is 2.71. The van der Waals surface area contributed by atoms with Gasteiger partial charge >= 0.3 is 0 Å². The average molecular weight is 231 g/mol. The Bertz CT molecular complexity index is 223. The summed E-state index contributed by atoms with van der Waals surface area (Å²) < 4.78 is 0. The minimum Gasteiger partial charge on any atom is -0.293 e. The van der Waals surface area contributed by atoms with Crippen LogP contribution in [0.1, 0.15) is 20.8 Å². The lowest BCUT2D eigenvalue weighted by Gasteiger charge is -2.37. The highest BCUT2D eigenvalue weighted by Gasteiger charge is 2.31. The zero-order valence-corrected chi connectivity index (χ0v) is 10.5. The van der Waals surface area contributed by atoms with Gasteiger partial charge in [0.1, 0.15) is 0 Å². The molecule has 1 aliphatic heterocycles. The summed E-state index contributed by atoms with van der Waals surface area (Å²) in [4.78, 5) is 13.9. The number of hydrogen-bond donors (Lipinski definition) is 2. The summed E-state index contributed by atoms with van der Waals surface area (Å²) in [5.74, 6) is 6.55. The zero-order valence-electron chi connectivity index (χ0n) is 9.69. The quantitative estimate of drug-likeness (QED) is 0.420. The van der Waals surface area contributed by atoms with E-state index in [0.29, 0.717) is 11.2 Å². The zero-order chi connectivity index (χ0) is 11.4. The predicted molar refractivity (Wildman–Crippen MR) is 64.4 cm³/mol. The number of nitrogens with two attached hydrogens (primary N) is 1. The summed E-state index contributed by atoms with van der Waals surface area (Å²) in [5, 5.41) is 0.602. The van der Waals surface area contributed by atoms with Crippen molar-refractivity contribution >= 4 is 17.7 Å². The molecular formula is C10H21N3OS. The van der Waals surface area contributed by atoms with Crippen molar-refractivity contribution in [2.75, 3.05) is 18.8 Å². The molecule has 1 fully saturated rings. The Hall–Kier alpha value is -0.260. The van der Waals surface area contributed by atoms with Crippen molar-refractivity contribution in [1.82, 2.24) is 10.3 Å². The van der Waals surface area contributed by atoms with Crippen LogP contribution in [0, 0.1) is 5.92 Å². The Morgan fingerprint density at radius 3 is 2.73 bits per heavy atom. The first kappa shape index (κ1) is 12.8. The maximum atomic E-state index is 11.7. The van der Waals surface area contributed by atoms with E-state index >= 15 is 0 Å². The van der Waals surface area contributed by atoms with Crippen molar-refractivity contribution < 1.29 is 4.79 Å². The van der Waals surface area contributed by atoms with Crippen molar-refractivity contribution in [3.63, 3.8) is 0 Å². The molecule has 0 aromatic rings. The number of rotatable bonds is 3. The maximum absolute atomic E-state index is 11.7. The van der Waals surface area contributed by atoms with E-state index in [1.165, 1.54) is 0 Å². The SMILES string of the molecule is CC1CN(C(C(=O)NN)C(C)C)CCS1. The number of nitrogens with zero attached hydrogens (tertiary/aromatic N) is 1. The van der Waals surface area contributed by atoms with Gasteiger partial charge in [-0.05, 0) is 5.92 Å². The van der Waals surface area contributed by atoms with Crippen LogP contribution in [0.3, 0.4) is 0 Å². The third-order valence-corrected chi connectivity index (χ3v) is 3.84. The molecule has 1 heterocycles. The van der Waals surface area contributed by atoms with Gasteiger partial charge in [-0.25, -0.2) is 5.84 Å². The van der Waals surface area contributed by atoms with Gasteiger partial charge in [-0.2, -0.15) is 11.8 Å². The van der Waals surface area contributed by atoms with Crippen LogP contribution in [0.5, 0.6) is 0 Å². The number of hydrogen-bond acceptors (Lipinski definition) is 4. The smallest absolute Gasteiger partial charge is 0.251 e. The second-order valence-electron chi connectivity index (χ2n) is 4.37. The first-order valence-electron chi connectivity index (χ1n) is 5.42. The van der Waals surface area contributed by atoms with Gasteiger partial charge < -0.3 is 0 Å². The molecule has 0 aromatic heterocycles. The number of thioether (sulfide) groups is 1. The third kappa shape index (κ3) is 3.36. The number of nitrogens with one attached hydrogen (secondary N) is 1. The van der Waals surface area contributed by atoms with Gasteiger partial charge in [0.05, 0.1) is 6.04 Å². The van der Waals surface area contributed by atoms with E-state index in [2.05, 4.69) is 31.1 Å². The summed E-state index contributed by atoms with van der Waals surface area (Å²) in [7, 11) is 0. The summed E-state index contributed by atoms with van der Waals surface area (Å²) in [6.07, 6.45) is 0. The lowest BCUT2D eigenvalue weighted by molar-refractivity contribution is -0.128. The standard InChI is InChI=1S/C10H21N3OS/c1-7(2)9(10(14)12-11)13-4-5-15-8(3)6-13/h7-9H,4-6,11H2,1-3H3,(H,12,14). The number of carbonyl (C=O) groups excluding carboxylic acids is 1. The van der Waals surface area contributed by atoms with Gasteiger partial charge in [0.15, 0.2) is 0 Å². The fourth-order valence-corrected chi connectivity index (χ4v) is 3.11. The molecule has 0 spiro atoms. The van der Waals surface area contributed by atoms with Gasteiger partial charge in [0.25, 0.3) is 5.91 Å². The highest BCUT2D eigenvalue weighted by molar-refractivity contribution is 7.99. The van der Waals surface area contributed by atoms with Crippen LogP contribution in [0.15, 0.2) is 0 Å². The molecule has 2 unspecified atom stereocenters. The van der Waals surface area contributed by atoms with E-state index in [1.54, 1.807) is 0 Å². The molecule has 0 saturated carbocycles. The van der Waals surface area contributed by atoms with Crippen LogP contribution < -0.4 is 11.3 Å². The Balaban J connectivity index is 2.66. The average Bonchev–Trinajstić information content (AvgIpc) is 2.17. The Kier molecular flexibility index (Phi) is 4.89. The van der Waals surface area contributed by atoms with Crippen LogP contribution in [0.25, 0.3) is 0 Å². The lowest BCUT2D eigenvalue weighted by atomic mass is 10.0. The summed E-state index contributed by atoms with van der Waals surface area (Å²) in [6, 6.07) is -0.0849. The minimum atomic E-state index is -0.0849. The largest absolute Gasteiger partial charge is 0.293 e. The fourth-order valence-electron chi connectivity index (χ4n) is 2.07. The van der Waals surface area contributed by atoms with Crippen LogP contribution in [-0.4, -0.2) is 40.9 Å². The first-order chi connectivity index (χ1) is 7.06. The number of hydrazine groups is 1. The van der Waals surface area contributed by atoms with Gasteiger partial charge in [-0.3, -0.25) is 15.1 Å². The normalized spacial score (nSPS) is 25.3. The van der Waals surface area contributed by atoms with Crippen molar-refractivity contribution in [2.45, 2.75) is 32.1 Å². The van der Waals surface area contributed by atoms with E-state index in [1.807, 2.05) is 11.8 Å². The molecule has 15 heavy (non-hydrogen) atoms. The lowest BCUT2D eigenvalue weighted by Crippen LogP contribution is -2.55. The molecule has 0 radical (unpaired) electrons.